The number of benzene rings is 1. The van der Waals surface area contributed by atoms with E-state index in [4.69, 9.17) is 18.9 Å². The lowest BCUT2D eigenvalue weighted by molar-refractivity contribution is -0.140. The number of esters is 2. The fourth-order valence-corrected chi connectivity index (χ4v) is 2.75. The monoisotopic (exact) mass is 399 g/mol. The molecule has 0 bridgehead atoms. The van der Waals surface area contributed by atoms with Crippen LogP contribution in [0.4, 0.5) is 5.69 Å². The first-order valence-corrected chi connectivity index (χ1v) is 7.85. The minimum absolute atomic E-state index is 0.0266. The number of halogens is 1. The highest BCUT2D eigenvalue weighted by Crippen LogP contribution is 2.32. The van der Waals surface area contributed by atoms with Crippen molar-refractivity contribution in [3.8, 4) is 0 Å². The van der Waals surface area contributed by atoms with Crippen molar-refractivity contribution >= 4 is 33.6 Å². The summed E-state index contributed by atoms with van der Waals surface area (Å²) in [5, 5.41) is 0. The Bertz CT molecular complexity index is 673. The molecule has 1 aromatic carbocycles. The van der Waals surface area contributed by atoms with Gasteiger partial charge in [-0.25, -0.2) is 9.59 Å². The summed E-state index contributed by atoms with van der Waals surface area (Å²) in [5.74, 6) is -1.27. The van der Waals surface area contributed by atoms with Crippen molar-refractivity contribution in [3.05, 3.63) is 39.5 Å². The molecule has 1 aliphatic heterocycles. The molecule has 0 spiro atoms. The maximum Gasteiger partial charge on any atom is 0.355 e. The quantitative estimate of drug-likeness (QED) is 0.700. The molecule has 7 nitrogen and oxygen atoms in total. The van der Waals surface area contributed by atoms with Gasteiger partial charge in [0, 0.05) is 17.1 Å². The molecule has 0 radical (unpaired) electrons. The minimum Gasteiger partial charge on any atom is -0.466 e. The van der Waals surface area contributed by atoms with E-state index in [1.54, 1.807) is 12.0 Å². The maximum atomic E-state index is 12.3. The van der Waals surface area contributed by atoms with E-state index in [0.29, 0.717) is 12.3 Å². The molecule has 1 heterocycles. The van der Waals surface area contributed by atoms with E-state index in [9.17, 15) is 9.59 Å². The molecular formula is C16H18BrNO6. The predicted octanol–water partition coefficient (Wildman–Crippen LogP) is 1.99. The number of ether oxygens (including phenoxy) is 4. The van der Waals surface area contributed by atoms with Crippen LogP contribution >= 0.6 is 15.9 Å². The van der Waals surface area contributed by atoms with Crippen LogP contribution in [0.3, 0.4) is 0 Å². The maximum absolute atomic E-state index is 12.3. The summed E-state index contributed by atoms with van der Waals surface area (Å²) in [6, 6.07) is 5.55. The Morgan fingerprint density at radius 2 is 1.92 bits per heavy atom. The topological polar surface area (TPSA) is 74.3 Å². The van der Waals surface area contributed by atoms with E-state index in [1.807, 2.05) is 18.2 Å². The summed E-state index contributed by atoms with van der Waals surface area (Å²) in [6.45, 7) is 0.403. The Hall–Kier alpha value is -1.90. The molecule has 0 aliphatic carbocycles. The number of carbonyl (C=O) groups excluding carboxylic acids is 2. The highest BCUT2D eigenvalue weighted by atomic mass is 79.9. The van der Waals surface area contributed by atoms with Gasteiger partial charge >= 0.3 is 11.9 Å². The van der Waals surface area contributed by atoms with Crippen LogP contribution in [0.25, 0.3) is 0 Å². The molecule has 0 N–H and O–H groups in total. The number of hydrogen-bond donors (Lipinski definition) is 0. The first-order chi connectivity index (χ1) is 11.5. The molecule has 1 aliphatic rings. The van der Waals surface area contributed by atoms with Gasteiger partial charge in [-0.1, -0.05) is 22.0 Å². The number of carbonyl (C=O) groups is 2. The predicted molar refractivity (Wildman–Crippen MR) is 89.2 cm³/mol. The molecule has 1 aromatic rings. The summed E-state index contributed by atoms with van der Waals surface area (Å²) in [6.07, 6.45) is 0. The SMILES string of the molecule is COCc1ccc(Br)cc1N1COCC(C(=O)OC)=C1C(=O)OC. The molecule has 8 heteroatoms. The van der Waals surface area contributed by atoms with Crippen molar-refractivity contribution in [2.45, 2.75) is 6.61 Å². The first-order valence-electron chi connectivity index (χ1n) is 7.05. The van der Waals surface area contributed by atoms with Crippen molar-refractivity contribution in [3.63, 3.8) is 0 Å². The standard InChI is InChI=1S/C16H18BrNO6/c1-21-7-10-4-5-11(17)6-13(10)18-9-24-8-12(15(19)22-2)14(18)16(20)23-3/h4-6H,7-9H2,1-3H3. The highest BCUT2D eigenvalue weighted by Gasteiger charge is 2.33. The Morgan fingerprint density at radius 3 is 2.54 bits per heavy atom. The van der Waals surface area contributed by atoms with Crippen LogP contribution in [-0.4, -0.2) is 46.6 Å². The summed E-state index contributed by atoms with van der Waals surface area (Å²) >= 11 is 3.41. The Balaban J connectivity index is 2.61. The lowest BCUT2D eigenvalue weighted by atomic mass is 10.1. The number of hydrogen-bond acceptors (Lipinski definition) is 7. The summed E-state index contributed by atoms with van der Waals surface area (Å²) in [4.78, 5) is 25.9. The molecule has 130 valence electrons. The average molecular weight is 400 g/mol. The van der Waals surface area contributed by atoms with Gasteiger partial charge in [0.15, 0.2) is 0 Å². The number of rotatable bonds is 5. The van der Waals surface area contributed by atoms with Crippen LogP contribution in [0.2, 0.25) is 0 Å². The molecule has 0 saturated heterocycles. The summed E-state index contributed by atoms with van der Waals surface area (Å²) in [5.41, 5.74) is 1.72. The molecule has 0 atom stereocenters. The van der Waals surface area contributed by atoms with Crippen LogP contribution in [0.1, 0.15) is 5.56 Å². The molecule has 24 heavy (non-hydrogen) atoms. The van der Waals surface area contributed by atoms with Gasteiger partial charge in [-0.05, 0) is 12.1 Å². The van der Waals surface area contributed by atoms with Crippen molar-refractivity contribution < 1.29 is 28.5 Å². The molecule has 0 aromatic heterocycles. The third kappa shape index (κ3) is 3.77. The van der Waals surface area contributed by atoms with Gasteiger partial charge < -0.3 is 23.8 Å². The van der Waals surface area contributed by atoms with Gasteiger partial charge in [-0.2, -0.15) is 0 Å². The fraction of sp³-hybridized carbons (Fsp3) is 0.375. The lowest BCUT2D eigenvalue weighted by Gasteiger charge is -2.32. The van der Waals surface area contributed by atoms with Gasteiger partial charge in [-0.15, -0.1) is 0 Å². The molecule has 2 rings (SSSR count). The average Bonchev–Trinajstić information content (AvgIpc) is 2.61. The van der Waals surface area contributed by atoms with Crippen LogP contribution in [0, 0.1) is 0 Å². The summed E-state index contributed by atoms with van der Waals surface area (Å²) in [7, 11) is 4.09. The first kappa shape index (κ1) is 18.4. The Labute approximate surface area is 148 Å². The highest BCUT2D eigenvalue weighted by molar-refractivity contribution is 9.10. The van der Waals surface area contributed by atoms with Gasteiger partial charge in [-0.3, -0.25) is 0 Å². The van der Waals surface area contributed by atoms with Gasteiger partial charge in [0.25, 0.3) is 0 Å². The zero-order chi connectivity index (χ0) is 17.7. The van der Waals surface area contributed by atoms with E-state index < -0.39 is 11.9 Å². The van der Waals surface area contributed by atoms with E-state index in [-0.39, 0.29) is 24.6 Å². The van der Waals surface area contributed by atoms with E-state index >= 15 is 0 Å². The van der Waals surface area contributed by atoms with E-state index in [1.165, 1.54) is 14.2 Å². The minimum atomic E-state index is -0.637. The molecule has 0 amide bonds. The van der Waals surface area contributed by atoms with Crippen LogP contribution in [-0.2, 0) is 35.1 Å². The van der Waals surface area contributed by atoms with E-state index in [0.717, 1.165) is 10.0 Å². The van der Waals surface area contributed by atoms with Crippen molar-refractivity contribution in [2.75, 3.05) is 39.6 Å². The Morgan fingerprint density at radius 1 is 1.21 bits per heavy atom. The zero-order valence-electron chi connectivity index (χ0n) is 13.6. The number of methoxy groups -OCH3 is 3. The van der Waals surface area contributed by atoms with Crippen LogP contribution in [0.5, 0.6) is 0 Å². The third-order valence-corrected chi connectivity index (χ3v) is 3.96. The zero-order valence-corrected chi connectivity index (χ0v) is 15.2. The third-order valence-electron chi connectivity index (χ3n) is 3.47. The smallest absolute Gasteiger partial charge is 0.355 e. The van der Waals surface area contributed by atoms with Crippen molar-refractivity contribution in [1.82, 2.24) is 0 Å². The van der Waals surface area contributed by atoms with Gasteiger partial charge in [0.1, 0.15) is 12.4 Å². The second-order valence-corrected chi connectivity index (χ2v) is 5.84. The Kier molecular flexibility index (Phi) is 6.36. The lowest BCUT2D eigenvalue weighted by Crippen LogP contribution is -2.39. The number of anilines is 1. The van der Waals surface area contributed by atoms with Gasteiger partial charge in [0.05, 0.1) is 38.7 Å². The van der Waals surface area contributed by atoms with Gasteiger partial charge in [0.2, 0.25) is 0 Å². The molecule has 0 saturated carbocycles. The second kappa shape index (κ2) is 8.27. The van der Waals surface area contributed by atoms with Crippen LogP contribution < -0.4 is 4.90 Å². The van der Waals surface area contributed by atoms with Crippen LogP contribution in [0.15, 0.2) is 33.9 Å². The van der Waals surface area contributed by atoms with Crippen molar-refractivity contribution in [2.24, 2.45) is 0 Å². The summed E-state index contributed by atoms with van der Waals surface area (Å²) < 4.78 is 21.1. The molecule has 0 unspecified atom stereocenters. The van der Waals surface area contributed by atoms with E-state index in [2.05, 4.69) is 15.9 Å². The number of nitrogens with zero attached hydrogens (tertiary/aromatic N) is 1. The second-order valence-electron chi connectivity index (χ2n) is 4.92. The molecular weight excluding hydrogens is 382 g/mol. The normalized spacial score (nSPS) is 14.6. The van der Waals surface area contributed by atoms with Crippen molar-refractivity contribution in [1.29, 1.82) is 0 Å². The molecule has 0 fully saturated rings. The fourth-order valence-electron chi connectivity index (χ4n) is 2.40. The largest absolute Gasteiger partial charge is 0.466 e.